The zero-order valence-electron chi connectivity index (χ0n) is 18.6. The quantitative estimate of drug-likeness (QED) is 0.541. The number of likely N-dealkylation sites (tertiary alicyclic amines) is 1. The minimum atomic E-state index is -0.833. The Hall–Kier alpha value is -3.30. The van der Waals surface area contributed by atoms with Crippen LogP contribution in [-0.2, 0) is 16.1 Å². The molecule has 2 aromatic rings. The van der Waals surface area contributed by atoms with Gasteiger partial charge in [0.1, 0.15) is 12.6 Å². The molecular weight excluding hydrogens is 415 g/mol. The SMILES string of the molecule is CC(C)=CCN(F)C(=O)[C@@H]1C[C@H]2C[C@H]2N1C(=O)Cn1nc(C(N)=O)c2cc(C)nc(C)c21. The van der Waals surface area contributed by atoms with Crippen molar-refractivity contribution in [1.29, 1.82) is 0 Å². The molecule has 10 heteroatoms. The average molecular weight is 442 g/mol. The molecule has 0 radical (unpaired) electrons. The second-order valence-electron chi connectivity index (χ2n) is 8.90. The molecule has 0 spiro atoms. The largest absolute Gasteiger partial charge is 0.364 e. The molecule has 1 aliphatic heterocycles. The Morgan fingerprint density at radius 3 is 2.66 bits per heavy atom. The maximum atomic E-state index is 14.4. The summed E-state index contributed by atoms with van der Waals surface area (Å²) in [4.78, 5) is 43.8. The summed E-state index contributed by atoms with van der Waals surface area (Å²) in [7, 11) is 0. The summed E-state index contributed by atoms with van der Waals surface area (Å²) in [6.45, 7) is 6.88. The number of aromatic nitrogens is 3. The molecule has 1 aliphatic carbocycles. The van der Waals surface area contributed by atoms with Gasteiger partial charge in [-0.05, 0) is 52.5 Å². The standard InChI is InChI=1S/C22H27FN6O3/c1-11(2)5-6-27(23)22(32)17-9-14-8-16(14)29(17)18(30)10-28-20-13(4)25-12(3)7-15(20)19(26-28)21(24)31/h5,7,14,16-17H,6,8-10H2,1-4H3,(H2,24,31)/t14-,16-,17+/m1/s1. The van der Waals surface area contributed by atoms with Gasteiger partial charge in [0.2, 0.25) is 5.91 Å². The fourth-order valence-electron chi connectivity index (χ4n) is 4.61. The van der Waals surface area contributed by atoms with Crippen LogP contribution in [0.3, 0.4) is 0 Å². The third kappa shape index (κ3) is 3.85. The van der Waals surface area contributed by atoms with Crippen molar-refractivity contribution >= 4 is 28.6 Å². The minimum absolute atomic E-state index is 0.0628. The third-order valence-corrected chi connectivity index (χ3v) is 6.12. The first-order chi connectivity index (χ1) is 15.1. The number of allylic oxidation sites excluding steroid dienone is 1. The fraction of sp³-hybridized carbons (Fsp3) is 0.500. The van der Waals surface area contributed by atoms with Gasteiger partial charge in [-0.1, -0.05) is 16.1 Å². The number of fused-ring (bicyclic) bond motifs is 2. The molecule has 3 atom stereocenters. The molecule has 4 rings (SSSR count). The number of rotatable bonds is 6. The summed E-state index contributed by atoms with van der Waals surface area (Å²) >= 11 is 0. The first kappa shape index (κ1) is 21.9. The van der Waals surface area contributed by atoms with E-state index in [1.165, 1.54) is 9.58 Å². The molecular formula is C22H27FN6O3. The Labute approximate surface area is 185 Å². The number of hydrogen-bond acceptors (Lipinski definition) is 5. The van der Waals surface area contributed by atoms with Crippen LogP contribution in [0, 0.1) is 19.8 Å². The highest BCUT2D eigenvalue weighted by Gasteiger charge is 2.56. The van der Waals surface area contributed by atoms with Crippen LogP contribution < -0.4 is 5.73 Å². The highest BCUT2D eigenvalue weighted by Crippen LogP contribution is 2.48. The fourth-order valence-corrected chi connectivity index (χ4v) is 4.61. The first-order valence-electron chi connectivity index (χ1n) is 10.6. The van der Waals surface area contributed by atoms with Crippen LogP contribution in [0.2, 0.25) is 0 Å². The number of carbonyl (C=O) groups is 3. The van der Waals surface area contributed by atoms with Crippen LogP contribution in [-0.4, -0.2) is 61.1 Å². The number of piperidine rings is 1. The molecule has 2 aliphatic rings. The van der Waals surface area contributed by atoms with Crippen LogP contribution >= 0.6 is 0 Å². The van der Waals surface area contributed by atoms with Gasteiger partial charge in [0.15, 0.2) is 5.69 Å². The van der Waals surface area contributed by atoms with Crippen molar-refractivity contribution < 1.29 is 18.9 Å². The predicted octanol–water partition coefficient (Wildman–Crippen LogP) is 1.82. The topological polar surface area (TPSA) is 114 Å². The van der Waals surface area contributed by atoms with Gasteiger partial charge in [-0.25, -0.2) is 0 Å². The molecule has 32 heavy (non-hydrogen) atoms. The summed E-state index contributed by atoms with van der Waals surface area (Å²) < 4.78 is 15.8. The number of nitrogens with zero attached hydrogens (tertiary/aromatic N) is 5. The van der Waals surface area contributed by atoms with Crippen molar-refractivity contribution in [1.82, 2.24) is 24.8 Å². The van der Waals surface area contributed by atoms with Crippen molar-refractivity contribution in [3.05, 3.63) is 34.8 Å². The van der Waals surface area contributed by atoms with E-state index in [2.05, 4.69) is 10.1 Å². The summed E-state index contributed by atoms with van der Waals surface area (Å²) in [5.41, 5.74) is 8.32. The Balaban J connectivity index is 1.61. The number of nitrogens with two attached hydrogens (primary N) is 1. The van der Waals surface area contributed by atoms with E-state index >= 15 is 0 Å². The van der Waals surface area contributed by atoms with E-state index in [0.29, 0.717) is 28.7 Å². The highest BCUT2D eigenvalue weighted by atomic mass is 19.2. The van der Waals surface area contributed by atoms with Gasteiger partial charge in [0.25, 0.3) is 11.8 Å². The van der Waals surface area contributed by atoms with Crippen LogP contribution in [0.5, 0.6) is 0 Å². The molecule has 0 unspecified atom stereocenters. The van der Waals surface area contributed by atoms with E-state index in [1.807, 2.05) is 13.8 Å². The van der Waals surface area contributed by atoms with E-state index in [1.54, 1.807) is 26.0 Å². The summed E-state index contributed by atoms with van der Waals surface area (Å²) in [5, 5.41) is 4.98. The average Bonchev–Trinajstić information content (AvgIpc) is 3.21. The van der Waals surface area contributed by atoms with Gasteiger partial charge in [-0.15, -0.1) is 0 Å². The minimum Gasteiger partial charge on any atom is -0.364 e. The maximum absolute atomic E-state index is 14.4. The van der Waals surface area contributed by atoms with Crippen molar-refractivity contribution in [3.8, 4) is 0 Å². The van der Waals surface area contributed by atoms with Crippen LogP contribution in [0.1, 0.15) is 48.6 Å². The van der Waals surface area contributed by atoms with Gasteiger partial charge in [-0.2, -0.15) is 10.2 Å². The molecule has 0 aromatic carbocycles. The van der Waals surface area contributed by atoms with Gasteiger partial charge >= 0.3 is 0 Å². The molecule has 1 saturated heterocycles. The van der Waals surface area contributed by atoms with Gasteiger partial charge in [0.05, 0.1) is 17.8 Å². The van der Waals surface area contributed by atoms with E-state index in [9.17, 15) is 18.9 Å². The molecule has 2 N–H and O–H groups in total. The molecule has 170 valence electrons. The lowest BCUT2D eigenvalue weighted by atomic mass is 10.1. The summed E-state index contributed by atoms with van der Waals surface area (Å²) in [5.74, 6) is -1.54. The Morgan fingerprint density at radius 2 is 2.00 bits per heavy atom. The normalized spacial score (nSPS) is 21.4. The zero-order valence-corrected chi connectivity index (χ0v) is 18.6. The van der Waals surface area contributed by atoms with Gasteiger partial charge in [-0.3, -0.25) is 24.0 Å². The van der Waals surface area contributed by atoms with Crippen molar-refractivity contribution in [2.45, 2.75) is 59.2 Å². The van der Waals surface area contributed by atoms with Gasteiger partial charge in [0, 0.05) is 17.1 Å². The van der Waals surface area contributed by atoms with Crippen molar-refractivity contribution in [3.63, 3.8) is 0 Å². The number of amides is 3. The number of primary amides is 1. The molecule has 2 fully saturated rings. The molecule has 9 nitrogen and oxygen atoms in total. The Morgan fingerprint density at radius 1 is 1.28 bits per heavy atom. The molecule has 1 saturated carbocycles. The summed E-state index contributed by atoms with van der Waals surface area (Å²) in [6, 6.07) is 0.813. The van der Waals surface area contributed by atoms with E-state index < -0.39 is 17.9 Å². The van der Waals surface area contributed by atoms with Gasteiger partial charge < -0.3 is 10.6 Å². The summed E-state index contributed by atoms with van der Waals surface area (Å²) in [6.07, 6.45) is 2.89. The number of hydrogen-bond donors (Lipinski definition) is 1. The van der Waals surface area contributed by atoms with Crippen LogP contribution in [0.15, 0.2) is 17.7 Å². The molecule has 0 bridgehead atoms. The second kappa shape index (κ2) is 7.99. The lowest BCUT2D eigenvalue weighted by molar-refractivity contribution is -0.155. The Kier molecular flexibility index (Phi) is 5.47. The molecule has 2 aromatic heterocycles. The lowest BCUT2D eigenvalue weighted by Gasteiger charge is -2.28. The number of halogens is 1. The maximum Gasteiger partial charge on any atom is 0.273 e. The molecule has 3 amide bonds. The lowest BCUT2D eigenvalue weighted by Crippen LogP contribution is -2.48. The third-order valence-electron chi connectivity index (χ3n) is 6.12. The molecule has 3 heterocycles. The number of carbonyl (C=O) groups excluding carboxylic acids is 3. The van der Waals surface area contributed by atoms with E-state index in [0.717, 1.165) is 12.0 Å². The zero-order chi connectivity index (χ0) is 23.3. The predicted molar refractivity (Wildman–Crippen MR) is 115 cm³/mol. The second-order valence-corrected chi connectivity index (χ2v) is 8.90. The highest BCUT2D eigenvalue weighted by molar-refractivity contribution is 6.05. The monoisotopic (exact) mass is 442 g/mol. The van der Waals surface area contributed by atoms with Crippen LogP contribution in [0.4, 0.5) is 4.48 Å². The smallest absolute Gasteiger partial charge is 0.273 e. The first-order valence-corrected chi connectivity index (χ1v) is 10.6. The number of pyridine rings is 1. The number of aryl methyl sites for hydroxylation is 2. The van der Waals surface area contributed by atoms with Crippen molar-refractivity contribution in [2.24, 2.45) is 11.7 Å². The van der Waals surface area contributed by atoms with E-state index in [-0.39, 0.29) is 41.8 Å². The Bertz CT molecular complexity index is 1150. The van der Waals surface area contributed by atoms with Crippen molar-refractivity contribution in [2.75, 3.05) is 6.54 Å². The van der Waals surface area contributed by atoms with E-state index in [4.69, 9.17) is 5.73 Å². The van der Waals surface area contributed by atoms with Crippen LogP contribution in [0.25, 0.3) is 10.9 Å².